The summed E-state index contributed by atoms with van der Waals surface area (Å²) < 4.78 is 11.2. The standard InChI is InChI=1S/C23H19ClO4/c1-27-23-12-6-16(5-11-22(26)17-3-2-4-20(25)14-17)13-18(23)15-28-21-9-7-19(24)8-10-21/h2-14,25H,15H2,1H3/b11-5+. The van der Waals surface area contributed by atoms with Crippen LogP contribution in [0.15, 0.2) is 72.8 Å². The van der Waals surface area contributed by atoms with Gasteiger partial charge in [0.25, 0.3) is 0 Å². The third kappa shape index (κ3) is 5.15. The van der Waals surface area contributed by atoms with Crippen LogP contribution in [0, 0.1) is 0 Å². The number of carbonyl (C=O) groups excluding carboxylic acids is 1. The van der Waals surface area contributed by atoms with Gasteiger partial charge in [-0.1, -0.05) is 35.9 Å². The third-order valence-corrected chi connectivity index (χ3v) is 4.32. The summed E-state index contributed by atoms with van der Waals surface area (Å²) in [6.07, 6.45) is 3.19. The summed E-state index contributed by atoms with van der Waals surface area (Å²) in [4.78, 5) is 12.3. The van der Waals surface area contributed by atoms with Crippen molar-refractivity contribution < 1.29 is 19.4 Å². The number of methoxy groups -OCH3 is 1. The van der Waals surface area contributed by atoms with E-state index in [2.05, 4.69) is 0 Å². The third-order valence-electron chi connectivity index (χ3n) is 4.07. The number of ketones is 1. The maximum absolute atomic E-state index is 12.3. The monoisotopic (exact) mass is 394 g/mol. The molecule has 0 aliphatic rings. The largest absolute Gasteiger partial charge is 0.508 e. The number of benzene rings is 3. The van der Waals surface area contributed by atoms with E-state index < -0.39 is 0 Å². The molecule has 4 nitrogen and oxygen atoms in total. The van der Waals surface area contributed by atoms with Gasteiger partial charge in [-0.15, -0.1) is 0 Å². The highest BCUT2D eigenvalue weighted by molar-refractivity contribution is 6.30. The fraction of sp³-hybridized carbons (Fsp3) is 0.0870. The molecule has 0 saturated heterocycles. The molecule has 0 radical (unpaired) electrons. The van der Waals surface area contributed by atoms with E-state index in [1.807, 2.05) is 18.2 Å². The predicted octanol–water partition coefficient (Wildman–Crippen LogP) is 5.53. The molecule has 142 valence electrons. The van der Waals surface area contributed by atoms with Crippen LogP contribution in [0.5, 0.6) is 17.2 Å². The van der Waals surface area contributed by atoms with Crippen molar-refractivity contribution in [2.75, 3.05) is 7.11 Å². The Morgan fingerprint density at radius 2 is 1.86 bits per heavy atom. The Kier molecular flexibility index (Phi) is 6.35. The van der Waals surface area contributed by atoms with Crippen LogP contribution in [0.4, 0.5) is 0 Å². The zero-order valence-corrected chi connectivity index (χ0v) is 16.0. The van der Waals surface area contributed by atoms with Gasteiger partial charge in [0.1, 0.15) is 23.9 Å². The first-order chi connectivity index (χ1) is 13.5. The van der Waals surface area contributed by atoms with Crippen LogP contribution in [0.3, 0.4) is 0 Å². The summed E-state index contributed by atoms with van der Waals surface area (Å²) in [5, 5.41) is 10.1. The van der Waals surface area contributed by atoms with Gasteiger partial charge in [-0.2, -0.15) is 0 Å². The molecule has 3 aromatic rings. The van der Waals surface area contributed by atoms with Gasteiger partial charge in [0.05, 0.1) is 7.11 Å². The zero-order chi connectivity index (χ0) is 19.9. The van der Waals surface area contributed by atoms with Crippen LogP contribution in [-0.2, 0) is 6.61 Å². The van der Waals surface area contributed by atoms with Crippen molar-refractivity contribution >= 4 is 23.5 Å². The summed E-state index contributed by atoms with van der Waals surface area (Å²) in [6.45, 7) is 0.312. The summed E-state index contributed by atoms with van der Waals surface area (Å²) in [6, 6.07) is 19.0. The van der Waals surface area contributed by atoms with Crippen LogP contribution in [0.2, 0.25) is 5.02 Å². The maximum atomic E-state index is 12.3. The molecular formula is C23H19ClO4. The molecule has 0 saturated carbocycles. The minimum absolute atomic E-state index is 0.0605. The van der Waals surface area contributed by atoms with Crippen LogP contribution in [-0.4, -0.2) is 18.0 Å². The van der Waals surface area contributed by atoms with Crippen molar-refractivity contribution in [2.24, 2.45) is 0 Å². The first kappa shape index (κ1) is 19.5. The smallest absolute Gasteiger partial charge is 0.185 e. The molecule has 0 amide bonds. The van der Waals surface area contributed by atoms with E-state index in [-0.39, 0.29) is 11.5 Å². The molecule has 0 spiro atoms. The quantitative estimate of drug-likeness (QED) is 0.423. The van der Waals surface area contributed by atoms with Gasteiger partial charge >= 0.3 is 0 Å². The number of carbonyl (C=O) groups is 1. The summed E-state index contributed by atoms with van der Waals surface area (Å²) in [5.41, 5.74) is 2.12. The van der Waals surface area contributed by atoms with Crippen LogP contribution < -0.4 is 9.47 Å². The van der Waals surface area contributed by atoms with E-state index in [4.69, 9.17) is 21.1 Å². The summed E-state index contributed by atoms with van der Waals surface area (Å²) in [5.74, 6) is 1.27. The van der Waals surface area contributed by atoms with Crippen molar-refractivity contribution in [3.8, 4) is 17.2 Å². The lowest BCUT2D eigenvalue weighted by molar-refractivity contribution is 0.104. The Morgan fingerprint density at radius 1 is 1.07 bits per heavy atom. The van der Waals surface area contributed by atoms with Gasteiger partial charge < -0.3 is 14.6 Å². The molecule has 0 bridgehead atoms. The molecule has 0 unspecified atom stereocenters. The van der Waals surface area contributed by atoms with E-state index in [9.17, 15) is 9.90 Å². The first-order valence-electron chi connectivity index (χ1n) is 8.62. The fourth-order valence-corrected chi connectivity index (χ4v) is 2.76. The van der Waals surface area contributed by atoms with Crippen LogP contribution in [0.25, 0.3) is 6.08 Å². The second kappa shape index (κ2) is 9.11. The number of allylic oxidation sites excluding steroid dienone is 1. The topological polar surface area (TPSA) is 55.8 Å². The Morgan fingerprint density at radius 3 is 2.57 bits per heavy atom. The average Bonchev–Trinajstić information content (AvgIpc) is 2.71. The average molecular weight is 395 g/mol. The molecule has 3 rings (SSSR count). The number of ether oxygens (including phenoxy) is 2. The second-order valence-electron chi connectivity index (χ2n) is 6.06. The molecule has 0 atom stereocenters. The van der Waals surface area contributed by atoms with E-state index in [1.165, 1.54) is 18.2 Å². The number of aromatic hydroxyl groups is 1. The number of rotatable bonds is 7. The Bertz CT molecular complexity index is 994. The van der Waals surface area contributed by atoms with Crippen molar-refractivity contribution in [3.05, 3.63) is 94.5 Å². The van der Waals surface area contributed by atoms with Crippen molar-refractivity contribution in [1.82, 2.24) is 0 Å². The van der Waals surface area contributed by atoms with Gasteiger partial charge in [0.2, 0.25) is 0 Å². The minimum atomic E-state index is -0.189. The number of halogens is 1. The Balaban J connectivity index is 1.74. The van der Waals surface area contributed by atoms with Crippen molar-refractivity contribution in [2.45, 2.75) is 6.61 Å². The maximum Gasteiger partial charge on any atom is 0.185 e. The van der Waals surface area contributed by atoms with Gasteiger partial charge in [-0.05, 0) is 60.2 Å². The minimum Gasteiger partial charge on any atom is -0.508 e. The summed E-state index contributed by atoms with van der Waals surface area (Å²) >= 11 is 5.89. The Labute approximate surface area is 168 Å². The molecular weight excluding hydrogens is 376 g/mol. The fourth-order valence-electron chi connectivity index (χ4n) is 2.63. The highest BCUT2D eigenvalue weighted by Gasteiger charge is 2.06. The highest BCUT2D eigenvalue weighted by atomic mass is 35.5. The van der Waals surface area contributed by atoms with E-state index >= 15 is 0 Å². The van der Waals surface area contributed by atoms with Crippen LogP contribution in [0.1, 0.15) is 21.5 Å². The lowest BCUT2D eigenvalue weighted by Crippen LogP contribution is -1.99. The number of hydrogen-bond acceptors (Lipinski definition) is 4. The molecule has 0 heterocycles. The normalized spacial score (nSPS) is 10.8. The second-order valence-corrected chi connectivity index (χ2v) is 6.50. The molecule has 5 heteroatoms. The SMILES string of the molecule is COc1ccc(/C=C/C(=O)c2cccc(O)c2)cc1COc1ccc(Cl)cc1. The Hall–Kier alpha value is -3.24. The number of phenols is 1. The molecule has 0 aliphatic carbocycles. The predicted molar refractivity (Wildman–Crippen MR) is 110 cm³/mol. The molecule has 0 aromatic heterocycles. The van der Waals surface area contributed by atoms with E-state index in [0.717, 1.165) is 11.1 Å². The molecule has 28 heavy (non-hydrogen) atoms. The summed E-state index contributed by atoms with van der Waals surface area (Å²) in [7, 11) is 1.60. The van der Waals surface area contributed by atoms with E-state index in [0.29, 0.717) is 28.7 Å². The number of phenolic OH excluding ortho intramolecular Hbond substituents is 1. The number of hydrogen-bond donors (Lipinski definition) is 1. The zero-order valence-electron chi connectivity index (χ0n) is 15.3. The van der Waals surface area contributed by atoms with Gasteiger partial charge in [-0.3, -0.25) is 4.79 Å². The van der Waals surface area contributed by atoms with Gasteiger partial charge in [0, 0.05) is 16.1 Å². The first-order valence-corrected chi connectivity index (χ1v) is 8.99. The lowest BCUT2D eigenvalue weighted by atomic mass is 10.1. The molecule has 3 aromatic carbocycles. The van der Waals surface area contributed by atoms with Crippen LogP contribution >= 0.6 is 11.6 Å². The molecule has 1 N–H and O–H groups in total. The highest BCUT2D eigenvalue weighted by Crippen LogP contribution is 2.24. The van der Waals surface area contributed by atoms with Crippen molar-refractivity contribution in [1.29, 1.82) is 0 Å². The lowest BCUT2D eigenvalue weighted by Gasteiger charge is -2.11. The van der Waals surface area contributed by atoms with Gasteiger partial charge in [-0.25, -0.2) is 0 Å². The van der Waals surface area contributed by atoms with E-state index in [1.54, 1.807) is 49.6 Å². The molecule has 0 fully saturated rings. The van der Waals surface area contributed by atoms with Gasteiger partial charge in [0.15, 0.2) is 5.78 Å². The van der Waals surface area contributed by atoms with Crippen molar-refractivity contribution in [3.63, 3.8) is 0 Å². The molecule has 0 aliphatic heterocycles.